The van der Waals surface area contributed by atoms with Gasteiger partial charge in [-0.3, -0.25) is 4.79 Å². The molecule has 1 aromatic heterocycles. The van der Waals surface area contributed by atoms with Gasteiger partial charge in [0.1, 0.15) is 5.75 Å². The molecule has 0 saturated carbocycles. The molecule has 1 aromatic carbocycles. The van der Waals surface area contributed by atoms with E-state index >= 15 is 0 Å². The number of H-pyrrole nitrogens is 1. The van der Waals surface area contributed by atoms with E-state index in [0.717, 1.165) is 37.1 Å². The van der Waals surface area contributed by atoms with Crippen molar-refractivity contribution in [3.8, 4) is 17.0 Å². The monoisotopic (exact) mass is 340 g/mol. The number of aromatic hydroxyl groups is 1. The lowest BCUT2D eigenvalue weighted by Gasteiger charge is -2.20. The molecule has 25 heavy (non-hydrogen) atoms. The minimum Gasteiger partial charge on any atom is -0.506 e. The molecule has 1 saturated heterocycles. The van der Waals surface area contributed by atoms with Crippen LogP contribution in [0.25, 0.3) is 11.3 Å². The molecule has 6 heteroatoms. The molecule has 130 valence electrons. The zero-order chi connectivity index (χ0) is 17.6. The average Bonchev–Trinajstić information content (AvgIpc) is 3.04. The summed E-state index contributed by atoms with van der Waals surface area (Å²) in [6.45, 7) is 2.13. The van der Waals surface area contributed by atoms with E-state index in [2.05, 4.69) is 16.0 Å². The van der Waals surface area contributed by atoms with Crippen molar-refractivity contribution in [2.45, 2.75) is 32.1 Å². The summed E-state index contributed by atoms with van der Waals surface area (Å²) in [5, 5.41) is 19.5. The van der Waals surface area contributed by atoms with E-state index in [9.17, 15) is 19.8 Å². The molecule has 4 rings (SSSR count). The van der Waals surface area contributed by atoms with E-state index in [-0.39, 0.29) is 0 Å². The van der Waals surface area contributed by atoms with Gasteiger partial charge in [-0.15, -0.1) is 0 Å². The lowest BCUT2D eigenvalue weighted by Crippen LogP contribution is -2.20. The fourth-order valence-electron chi connectivity index (χ4n) is 3.96. The standard InChI is InChI=1S/C19H20N2O4/c22-17-14-5-3-4-11-10-12(21-8-1-2-9-21)6-7-13(11)16(14)20-18(23)15(17)19(24)25/h6-7,10H,1-5,8-9H2,(H,24,25)(H2,20,22,23). The maximum atomic E-state index is 12.1. The number of hydrogen-bond donors (Lipinski definition) is 3. The molecule has 0 amide bonds. The molecule has 3 N–H and O–H groups in total. The fourth-order valence-corrected chi connectivity index (χ4v) is 3.96. The number of carboxylic acid groups (broad SMARTS) is 1. The number of anilines is 1. The van der Waals surface area contributed by atoms with E-state index in [0.29, 0.717) is 17.7 Å². The summed E-state index contributed by atoms with van der Waals surface area (Å²) in [5.74, 6) is -1.81. The first kappa shape index (κ1) is 15.7. The van der Waals surface area contributed by atoms with Gasteiger partial charge in [0.15, 0.2) is 5.56 Å². The third-order valence-corrected chi connectivity index (χ3v) is 5.21. The van der Waals surface area contributed by atoms with Crippen LogP contribution in [0.4, 0.5) is 5.69 Å². The Bertz CT molecular complexity index is 910. The van der Waals surface area contributed by atoms with Crippen molar-refractivity contribution in [1.82, 2.24) is 4.98 Å². The third kappa shape index (κ3) is 2.58. The number of carbonyl (C=O) groups is 1. The molecule has 1 aliphatic carbocycles. The number of fused-ring (bicyclic) bond motifs is 3. The zero-order valence-corrected chi connectivity index (χ0v) is 13.8. The van der Waals surface area contributed by atoms with Crippen molar-refractivity contribution in [3.05, 3.63) is 45.2 Å². The van der Waals surface area contributed by atoms with E-state index < -0.39 is 22.8 Å². The van der Waals surface area contributed by atoms with Crippen LogP contribution in [-0.2, 0) is 12.8 Å². The summed E-state index contributed by atoms with van der Waals surface area (Å²) in [7, 11) is 0. The highest BCUT2D eigenvalue weighted by atomic mass is 16.4. The first-order valence-electron chi connectivity index (χ1n) is 8.66. The predicted molar refractivity (Wildman–Crippen MR) is 94.6 cm³/mol. The van der Waals surface area contributed by atoms with Crippen LogP contribution in [0.5, 0.6) is 5.75 Å². The number of rotatable bonds is 2. The second kappa shape index (κ2) is 5.95. The first-order chi connectivity index (χ1) is 12.1. The molecule has 0 atom stereocenters. The Morgan fingerprint density at radius 3 is 2.60 bits per heavy atom. The zero-order valence-electron chi connectivity index (χ0n) is 13.8. The Balaban J connectivity index is 1.87. The summed E-state index contributed by atoms with van der Waals surface area (Å²) in [6.07, 6.45) is 4.57. The third-order valence-electron chi connectivity index (χ3n) is 5.21. The van der Waals surface area contributed by atoms with E-state index in [1.807, 2.05) is 12.1 Å². The number of aromatic nitrogens is 1. The summed E-state index contributed by atoms with van der Waals surface area (Å²) >= 11 is 0. The summed E-state index contributed by atoms with van der Waals surface area (Å²) < 4.78 is 0. The number of aromatic carboxylic acids is 1. The molecule has 0 spiro atoms. The molecular formula is C19H20N2O4. The first-order valence-corrected chi connectivity index (χ1v) is 8.66. The van der Waals surface area contributed by atoms with Gasteiger partial charge in [-0.25, -0.2) is 4.79 Å². The number of nitrogens with zero attached hydrogens (tertiary/aromatic N) is 1. The van der Waals surface area contributed by atoms with Gasteiger partial charge >= 0.3 is 5.97 Å². The largest absolute Gasteiger partial charge is 0.506 e. The molecule has 2 aliphatic rings. The number of nitrogens with one attached hydrogen (secondary N) is 1. The molecule has 6 nitrogen and oxygen atoms in total. The van der Waals surface area contributed by atoms with Crippen molar-refractivity contribution in [3.63, 3.8) is 0 Å². The molecule has 1 aliphatic heterocycles. The Morgan fingerprint density at radius 2 is 1.88 bits per heavy atom. The summed E-state index contributed by atoms with van der Waals surface area (Å²) in [6, 6.07) is 6.18. The normalized spacial score (nSPS) is 16.2. The van der Waals surface area contributed by atoms with Gasteiger partial charge in [-0.2, -0.15) is 0 Å². The highest BCUT2D eigenvalue weighted by Gasteiger charge is 2.25. The predicted octanol–water partition coefficient (Wildman–Crippen LogP) is 2.53. The van der Waals surface area contributed by atoms with Gasteiger partial charge in [-0.1, -0.05) is 6.07 Å². The quantitative estimate of drug-likeness (QED) is 0.781. The molecule has 0 unspecified atom stereocenters. The maximum absolute atomic E-state index is 12.1. The van der Waals surface area contributed by atoms with Crippen LogP contribution in [0, 0.1) is 0 Å². The second-order valence-corrected chi connectivity index (χ2v) is 6.73. The Kier molecular flexibility index (Phi) is 3.75. The van der Waals surface area contributed by atoms with E-state index in [4.69, 9.17) is 0 Å². The van der Waals surface area contributed by atoms with Gasteiger partial charge in [0.25, 0.3) is 5.56 Å². The van der Waals surface area contributed by atoms with Gasteiger partial charge < -0.3 is 20.1 Å². The van der Waals surface area contributed by atoms with Crippen molar-refractivity contribution in [2.24, 2.45) is 0 Å². The molecular weight excluding hydrogens is 320 g/mol. The van der Waals surface area contributed by atoms with Gasteiger partial charge in [0.05, 0.1) is 5.69 Å². The van der Waals surface area contributed by atoms with Crippen molar-refractivity contribution >= 4 is 11.7 Å². The molecule has 2 heterocycles. The topological polar surface area (TPSA) is 93.6 Å². The number of benzene rings is 1. The number of aryl methyl sites for hydroxylation is 1. The SMILES string of the molecule is O=C(O)c1c(O)c2c([nH]c1=O)-c1ccc(N3CCCC3)cc1CCC2. The van der Waals surface area contributed by atoms with E-state index in [1.54, 1.807) is 0 Å². The number of hydrogen-bond acceptors (Lipinski definition) is 4. The maximum Gasteiger partial charge on any atom is 0.345 e. The number of aromatic amines is 1. The van der Waals surface area contributed by atoms with Gasteiger partial charge in [0.2, 0.25) is 0 Å². The summed E-state index contributed by atoms with van der Waals surface area (Å²) in [5.41, 5.74) is 2.92. The lowest BCUT2D eigenvalue weighted by molar-refractivity contribution is 0.0691. The Hall–Kier alpha value is -2.76. The van der Waals surface area contributed by atoms with Crippen LogP contribution in [0.2, 0.25) is 0 Å². The Morgan fingerprint density at radius 1 is 1.12 bits per heavy atom. The van der Waals surface area contributed by atoms with Crippen LogP contribution in [0.1, 0.15) is 40.7 Å². The highest BCUT2D eigenvalue weighted by Crippen LogP contribution is 2.37. The second-order valence-electron chi connectivity index (χ2n) is 6.73. The van der Waals surface area contributed by atoms with Crippen molar-refractivity contribution in [2.75, 3.05) is 18.0 Å². The smallest absolute Gasteiger partial charge is 0.345 e. The van der Waals surface area contributed by atoms with Crippen molar-refractivity contribution in [1.29, 1.82) is 0 Å². The van der Waals surface area contributed by atoms with Crippen LogP contribution in [0.15, 0.2) is 23.0 Å². The Labute approximate surface area is 144 Å². The molecule has 2 aromatic rings. The summed E-state index contributed by atoms with van der Waals surface area (Å²) in [4.78, 5) is 28.5. The van der Waals surface area contributed by atoms with Gasteiger partial charge in [0, 0.05) is 29.9 Å². The minimum absolute atomic E-state index is 0.400. The van der Waals surface area contributed by atoms with Crippen LogP contribution in [0.3, 0.4) is 0 Å². The van der Waals surface area contributed by atoms with Crippen LogP contribution in [-0.4, -0.2) is 34.3 Å². The average molecular weight is 340 g/mol. The van der Waals surface area contributed by atoms with Crippen molar-refractivity contribution < 1.29 is 15.0 Å². The highest BCUT2D eigenvalue weighted by molar-refractivity contribution is 5.92. The van der Waals surface area contributed by atoms with Gasteiger partial charge in [-0.05, 0) is 49.8 Å². The molecule has 0 bridgehead atoms. The minimum atomic E-state index is -1.41. The van der Waals surface area contributed by atoms with Crippen LogP contribution < -0.4 is 10.5 Å². The molecule has 1 fully saturated rings. The lowest BCUT2D eigenvalue weighted by atomic mass is 9.99. The van der Waals surface area contributed by atoms with E-state index in [1.165, 1.54) is 18.5 Å². The van der Waals surface area contributed by atoms with Crippen LogP contribution >= 0.6 is 0 Å². The molecule has 0 radical (unpaired) electrons. The fraction of sp³-hybridized carbons (Fsp3) is 0.368. The number of carboxylic acids is 1. The number of pyridine rings is 1.